The Morgan fingerprint density at radius 3 is 2.72 bits per heavy atom. The number of hydrogen-bond acceptors (Lipinski definition) is 5. The van der Waals surface area contributed by atoms with Crippen LogP contribution in [-0.2, 0) is 4.74 Å². The molecule has 3 fully saturated rings. The van der Waals surface area contributed by atoms with Crippen molar-refractivity contribution in [2.45, 2.75) is 49.9 Å². The van der Waals surface area contributed by atoms with Gasteiger partial charge < -0.3 is 24.8 Å². The fourth-order valence-electron chi connectivity index (χ4n) is 3.95. The van der Waals surface area contributed by atoms with E-state index in [2.05, 4.69) is 10.6 Å². The van der Waals surface area contributed by atoms with Crippen LogP contribution in [-0.4, -0.2) is 50.5 Å². The molecule has 0 aromatic heterocycles. The van der Waals surface area contributed by atoms with E-state index in [4.69, 9.17) is 14.2 Å². The van der Waals surface area contributed by atoms with Gasteiger partial charge in [-0.1, -0.05) is 0 Å². The third kappa shape index (κ3) is 3.46. The fourth-order valence-corrected chi connectivity index (χ4v) is 3.95. The fraction of sp³-hybridized carbons (Fsp3) is 0.632. The molecule has 1 aromatic carbocycles. The predicted molar refractivity (Wildman–Crippen MR) is 93.3 cm³/mol. The molecule has 1 saturated carbocycles. The highest BCUT2D eigenvalue weighted by Gasteiger charge is 2.45. The van der Waals surface area contributed by atoms with Crippen molar-refractivity contribution in [3.05, 3.63) is 23.8 Å². The van der Waals surface area contributed by atoms with E-state index in [9.17, 15) is 4.79 Å². The van der Waals surface area contributed by atoms with Crippen LogP contribution in [0.3, 0.4) is 0 Å². The molecule has 1 spiro atoms. The quantitative estimate of drug-likeness (QED) is 0.852. The molecule has 0 radical (unpaired) electrons. The average molecular weight is 346 g/mol. The smallest absolute Gasteiger partial charge is 0.251 e. The summed E-state index contributed by atoms with van der Waals surface area (Å²) in [5, 5.41) is 6.31. The second-order valence-corrected chi connectivity index (χ2v) is 7.36. The van der Waals surface area contributed by atoms with Crippen LogP contribution in [0, 0.1) is 0 Å². The van der Waals surface area contributed by atoms with Gasteiger partial charge in [-0.25, -0.2) is 0 Å². The second-order valence-electron chi connectivity index (χ2n) is 7.36. The van der Waals surface area contributed by atoms with Crippen LogP contribution in [0.15, 0.2) is 18.2 Å². The first kappa shape index (κ1) is 16.7. The molecule has 1 aliphatic carbocycles. The second kappa shape index (κ2) is 6.84. The van der Waals surface area contributed by atoms with Crippen molar-refractivity contribution in [3.8, 4) is 11.5 Å². The Labute approximate surface area is 148 Å². The third-order valence-electron chi connectivity index (χ3n) is 5.46. The monoisotopic (exact) mass is 346 g/mol. The molecule has 0 bridgehead atoms. The first-order valence-corrected chi connectivity index (χ1v) is 9.18. The highest BCUT2D eigenvalue weighted by molar-refractivity contribution is 5.95. The van der Waals surface area contributed by atoms with Crippen LogP contribution in [0.4, 0.5) is 0 Å². The Hall–Kier alpha value is -1.79. The van der Waals surface area contributed by atoms with Crippen molar-refractivity contribution in [1.29, 1.82) is 0 Å². The number of hydrogen-bond donors (Lipinski definition) is 2. The minimum absolute atomic E-state index is 0.0609. The Kier molecular flexibility index (Phi) is 4.56. The minimum atomic E-state index is -0.0938. The lowest BCUT2D eigenvalue weighted by molar-refractivity contribution is -0.0360. The number of carbonyl (C=O) groups excluding carboxylic acids is 1. The number of nitrogens with one attached hydrogen (secondary N) is 2. The van der Waals surface area contributed by atoms with Gasteiger partial charge in [-0.05, 0) is 43.9 Å². The Bertz CT molecular complexity index is 638. The summed E-state index contributed by atoms with van der Waals surface area (Å²) in [7, 11) is 1.61. The van der Waals surface area contributed by atoms with Gasteiger partial charge in [0.1, 0.15) is 0 Å². The summed E-state index contributed by atoms with van der Waals surface area (Å²) in [6, 6.07) is 5.47. The Morgan fingerprint density at radius 2 is 2.08 bits per heavy atom. The standard InChI is InChI=1S/C19H26N2O4/c1-23-17-8-13(6-7-16(17)25-15-4-2-3-5-15)18(22)21-14-9-19(24-10-14)11-20-12-19/h6-8,14-15,20H,2-5,9-12H2,1H3,(H,21,22). The maximum atomic E-state index is 12.6. The van der Waals surface area contributed by atoms with Crippen LogP contribution < -0.4 is 20.1 Å². The van der Waals surface area contributed by atoms with Gasteiger partial charge in [0, 0.05) is 25.1 Å². The molecule has 6 heteroatoms. The summed E-state index contributed by atoms with van der Waals surface area (Å²) in [6.07, 6.45) is 5.73. The van der Waals surface area contributed by atoms with Crippen molar-refractivity contribution in [2.75, 3.05) is 26.8 Å². The number of carbonyl (C=O) groups is 1. The molecule has 136 valence electrons. The van der Waals surface area contributed by atoms with E-state index in [1.807, 2.05) is 6.07 Å². The first-order valence-electron chi connectivity index (χ1n) is 9.18. The molecule has 3 aliphatic rings. The first-order chi connectivity index (χ1) is 12.2. The van der Waals surface area contributed by atoms with Crippen molar-refractivity contribution < 1.29 is 19.0 Å². The summed E-state index contributed by atoms with van der Waals surface area (Å²) < 4.78 is 17.3. The summed E-state index contributed by atoms with van der Waals surface area (Å²) in [5.41, 5.74) is 0.525. The average Bonchev–Trinajstić information content (AvgIpc) is 3.24. The van der Waals surface area contributed by atoms with E-state index >= 15 is 0 Å². The van der Waals surface area contributed by atoms with Crippen molar-refractivity contribution in [3.63, 3.8) is 0 Å². The molecule has 1 atom stereocenters. The number of ether oxygens (including phenoxy) is 3. The number of rotatable bonds is 5. The van der Waals surface area contributed by atoms with Crippen molar-refractivity contribution in [1.82, 2.24) is 10.6 Å². The largest absolute Gasteiger partial charge is 0.493 e. The third-order valence-corrected chi connectivity index (χ3v) is 5.46. The summed E-state index contributed by atoms with van der Waals surface area (Å²) in [5.74, 6) is 1.24. The van der Waals surface area contributed by atoms with Gasteiger partial charge in [-0.3, -0.25) is 4.79 Å². The van der Waals surface area contributed by atoms with E-state index in [-0.39, 0.29) is 23.7 Å². The van der Waals surface area contributed by atoms with Crippen molar-refractivity contribution >= 4 is 5.91 Å². The Morgan fingerprint density at radius 1 is 1.28 bits per heavy atom. The zero-order valence-corrected chi connectivity index (χ0v) is 14.7. The van der Waals surface area contributed by atoms with Gasteiger partial charge >= 0.3 is 0 Å². The van der Waals surface area contributed by atoms with Gasteiger partial charge in [0.05, 0.1) is 31.5 Å². The molecule has 4 rings (SSSR count). The van der Waals surface area contributed by atoms with E-state index in [0.29, 0.717) is 17.9 Å². The highest BCUT2D eigenvalue weighted by atomic mass is 16.5. The molecule has 25 heavy (non-hydrogen) atoms. The molecule has 2 aliphatic heterocycles. The molecule has 1 amide bonds. The SMILES string of the molecule is COc1cc(C(=O)NC2COC3(CNC3)C2)ccc1OC1CCCC1. The van der Waals surface area contributed by atoms with Crippen LogP contribution in [0.5, 0.6) is 11.5 Å². The van der Waals surface area contributed by atoms with Gasteiger partial charge in [-0.2, -0.15) is 0 Å². The van der Waals surface area contributed by atoms with Crippen LogP contribution >= 0.6 is 0 Å². The van der Waals surface area contributed by atoms with Gasteiger partial charge in [0.25, 0.3) is 5.91 Å². The number of methoxy groups -OCH3 is 1. The van der Waals surface area contributed by atoms with E-state index in [1.165, 1.54) is 12.8 Å². The highest BCUT2D eigenvalue weighted by Crippen LogP contribution is 2.33. The molecular weight excluding hydrogens is 320 g/mol. The lowest BCUT2D eigenvalue weighted by atomic mass is 9.92. The molecule has 2 saturated heterocycles. The maximum Gasteiger partial charge on any atom is 0.251 e. The summed E-state index contributed by atoms with van der Waals surface area (Å²) in [4.78, 5) is 12.6. The lowest BCUT2D eigenvalue weighted by Crippen LogP contribution is -2.59. The molecule has 1 unspecified atom stereocenters. The molecule has 1 aromatic rings. The van der Waals surface area contributed by atoms with Crippen molar-refractivity contribution in [2.24, 2.45) is 0 Å². The summed E-state index contributed by atoms with van der Waals surface area (Å²) in [6.45, 7) is 2.33. The minimum Gasteiger partial charge on any atom is -0.493 e. The Balaban J connectivity index is 1.40. The number of amides is 1. The van der Waals surface area contributed by atoms with Gasteiger partial charge in [0.2, 0.25) is 0 Å². The molecular formula is C19H26N2O4. The normalized spacial score (nSPS) is 24.9. The zero-order chi connectivity index (χ0) is 17.3. The molecule has 6 nitrogen and oxygen atoms in total. The number of benzene rings is 1. The predicted octanol–water partition coefficient (Wildman–Crippen LogP) is 1.88. The summed E-state index contributed by atoms with van der Waals surface area (Å²) >= 11 is 0. The van der Waals surface area contributed by atoms with Gasteiger partial charge in [0.15, 0.2) is 11.5 Å². The van der Waals surface area contributed by atoms with E-state index < -0.39 is 0 Å². The zero-order valence-electron chi connectivity index (χ0n) is 14.7. The van der Waals surface area contributed by atoms with Crippen LogP contribution in [0.1, 0.15) is 42.5 Å². The lowest BCUT2D eigenvalue weighted by Gasteiger charge is -2.38. The van der Waals surface area contributed by atoms with E-state index in [0.717, 1.165) is 38.1 Å². The van der Waals surface area contributed by atoms with E-state index in [1.54, 1.807) is 19.2 Å². The van der Waals surface area contributed by atoms with Crippen LogP contribution in [0.25, 0.3) is 0 Å². The van der Waals surface area contributed by atoms with Crippen LogP contribution in [0.2, 0.25) is 0 Å². The van der Waals surface area contributed by atoms with Gasteiger partial charge in [-0.15, -0.1) is 0 Å². The maximum absolute atomic E-state index is 12.6. The topological polar surface area (TPSA) is 68.8 Å². The molecule has 2 heterocycles. The molecule has 2 N–H and O–H groups in total.